The summed E-state index contributed by atoms with van der Waals surface area (Å²) in [4.78, 5) is 23.7. The Morgan fingerprint density at radius 2 is 2.21 bits per heavy atom. The minimum absolute atomic E-state index is 0.170. The summed E-state index contributed by atoms with van der Waals surface area (Å²) in [7, 11) is 0. The Hall–Kier alpha value is -1.75. The number of hydrogen-bond donors (Lipinski definition) is 2. The second-order valence-electron chi connectivity index (χ2n) is 4.38. The number of nitrogen functional groups attached to an aromatic ring is 1. The van der Waals surface area contributed by atoms with Crippen LogP contribution in [0.15, 0.2) is 18.2 Å². The summed E-state index contributed by atoms with van der Waals surface area (Å²) in [6.07, 6.45) is 1.49. The van der Waals surface area contributed by atoms with Crippen LogP contribution in [0, 0.1) is 0 Å². The maximum absolute atomic E-state index is 12.0. The average molecular weight is 283 g/mol. The van der Waals surface area contributed by atoms with Crippen molar-refractivity contribution in [1.82, 2.24) is 5.32 Å². The van der Waals surface area contributed by atoms with E-state index < -0.39 is 12.1 Å². The molecule has 1 amide bonds. The molecule has 0 aliphatic carbocycles. The standard InChI is InChI=1S/C13H15ClN2O3/c14-9-5-3-4-8(11(9)15)13(18)19-10-6-1-2-7-16-12(10)17/h3-5,10H,1-2,6-7,15H2,(H,16,17). The molecular weight excluding hydrogens is 268 g/mol. The van der Waals surface area contributed by atoms with Gasteiger partial charge in [-0.25, -0.2) is 4.79 Å². The largest absolute Gasteiger partial charge is 0.449 e. The van der Waals surface area contributed by atoms with Gasteiger partial charge in [-0.05, 0) is 31.4 Å². The number of para-hydroxylation sites is 1. The topological polar surface area (TPSA) is 81.4 Å². The smallest absolute Gasteiger partial charge is 0.341 e. The van der Waals surface area contributed by atoms with Crippen molar-refractivity contribution in [3.05, 3.63) is 28.8 Å². The number of esters is 1. The minimum Gasteiger partial charge on any atom is -0.449 e. The molecule has 0 spiro atoms. The van der Waals surface area contributed by atoms with Crippen LogP contribution in [0.2, 0.25) is 5.02 Å². The quantitative estimate of drug-likeness (QED) is 0.639. The van der Waals surface area contributed by atoms with E-state index in [1.807, 2.05) is 0 Å². The van der Waals surface area contributed by atoms with Gasteiger partial charge in [0.05, 0.1) is 16.3 Å². The van der Waals surface area contributed by atoms with Gasteiger partial charge in [-0.2, -0.15) is 0 Å². The predicted molar refractivity (Wildman–Crippen MR) is 71.9 cm³/mol. The molecule has 0 bridgehead atoms. The molecule has 6 heteroatoms. The molecule has 0 aromatic heterocycles. The number of ether oxygens (including phenoxy) is 1. The summed E-state index contributed by atoms with van der Waals surface area (Å²) in [5, 5.41) is 3.00. The van der Waals surface area contributed by atoms with Gasteiger partial charge >= 0.3 is 5.97 Å². The number of benzene rings is 1. The molecule has 1 heterocycles. The van der Waals surface area contributed by atoms with Crippen LogP contribution in [-0.2, 0) is 9.53 Å². The average Bonchev–Trinajstić information content (AvgIpc) is 2.58. The molecule has 1 aliphatic heterocycles. The second-order valence-corrected chi connectivity index (χ2v) is 4.79. The van der Waals surface area contributed by atoms with Gasteiger partial charge in [-0.3, -0.25) is 4.79 Å². The van der Waals surface area contributed by atoms with E-state index in [0.29, 0.717) is 18.0 Å². The number of amides is 1. The maximum Gasteiger partial charge on any atom is 0.341 e. The third kappa shape index (κ3) is 3.17. The molecule has 1 saturated heterocycles. The Kier molecular flexibility index (Phi) is 4.27. The van der Waals surface area contributed by atoms with Crippen molar-refractivity contribution in [2.24, 2.45) is 0 Å². The predicted octanol–water partition coefficient (Wildman–Crippen LogP) is 1.75. The Morgan fingerprint density at radius 3 is 3.00 bits per heavy atom. The van der Waals surface area contributed by atoms with Crippen molar-refractivity contribution < 1.29 is 14.3 Å². The maximum atomic E-state index is 12.0. The van der Waals surface area contributed by atoms with E-state index in [-0.39, 0.29) is 17.2 Å². The summed E-state index contributed by atoms with van der Waals surface area (Å²) < 4.78 is 5.22. The lowest BCUT2D eigenvalue weighted by atomic mass is 10.1. The molecule has 1 fully saturated rings. The van der Waals surface area contributed by atoms with Gasteiger partial charge in [0.1, 0.15) is 0 Å². The number of nitrogens with two attached hydrogens (primary N) is 1. The lowest BCUT2D eigenvalue weighted by Crippen LogP contribution is -2.36. The zero-order chi connectivity index (χ0) is 13.8. The SMILES string of the molecule is Nc1c(Cl)cccc1C(=O)OC1CCCCNC1=O. The normalized spacial score (nSPS) is 19.4. The molecular formula is C13H15ClN2O3. The van der Waals surface area contributed by atoms with Crippen LogP contribution >= 0.6 is 11.6 Å². The van der Waals surface area contributed by atoms with Crippen LogP contribution in [-0.4, -0.2) is 24.5 Å². The highest BCUT2D eigenvalue weighted by Crippen LogP contribution is 2.24. The first kappa shape index (κ1) is 13.7. The molecule has 1 atom stereocenters. The minimum atomic E-state index is -0.756. The van der Waals surface area contributed by atoms with E-state index in [4.69, 9.17) is 22.1 Å². The molecule has 1 aromatic rings. The van der Waals surface area contributed by atoms with E-state index in [1.165, 1.54) is 6.07 Å². The first-order chi connectivity index (χ1) is 9.09. The third-order valence-electron chi connectivity index (χ3n) is 3.01. The van der Waals surface area contributed by atoms with Gasteiger partial charge in [-0.15, -0.1) is 0 Å². The number of anilines is 1. The van der Waals surface area contributed by atoms with E-state index in [1.54, 1.807) is 12.1 Å². The Balaban J connectivity index is 2.12. The lowest BCUT2D eigenvalue weighted by Gasteiger charge is -2.15. The molecule has 1 unspecified atom stereocenters. The van der Waals surface area contributed by atoms with Gasteiger partial charge in [0.25, 0.3) is 5.91 Å². The van der Waals surface area contributed by atoms with E-state index in [9.17, 15) is 9.59 Å². The zero-order valence-corrected chi connectivity index (χ0v) is 11.1. The van der Waals surface area contributed by atoms with Gasteiger partial charge in [-0.1, -0.05) is 17.7 Å². The molecule has 19 heavy (non-hydrogen) atoms. The van der Waals surface area contributed by atoms with Gasteiger partial charge < -0.3 is 15.8 Å². The number of nitrogens with one attached hydrogen (secondary N) is 1. The number of carbonyl (C=O) groups excluding carboxylic acids is 2. The van der Waals surface area contributed by atoms with Crippen LogP contribution < -0.4 is 11.1 Å². The molecule has 102 valence electrons. The first-order valence-corrected chi connectivity index (χ1v) is 6.50. The number of halogens is 1. The van der Waals surface area contributed by atoms with Crippen molar-refractivity contribution in [2.75, 3.05) is 12.3 Å². The highest BCUT2D eigenvalue weighted by atomic mass is 35.5. The van der Waals surface area contributed by atoms with Gasteiger partial charge in [0, 0.05) is 6.54 Å². The number of carbonyl (C=O) groups is 2. The van der Waals surface area contributed by atoms with Gasteiger partial charge in [0.2, 0.25) is 0 Å². The zero-order valence-electron chi connectivity index (χ0n) is 10.3. The fraction of sp³-hybridized carbons (Fsp3) is 0.385. The van der Waals surface area contributed by atoms with E-state index in [0.717, 1.165) is 12.8 Å². The second kappa shape index (κ2) is 5.93. The highest BCUT2D eigenvalue weighted by Gasteiger charge is 2.26. The van der Waals surface area contributed by atoms with Crippen LogP contribution in [0.5, 0.6) is 0 Å². The summed E-state index contributed by atoms with van der Waals surface area (Å²) >= 11 is 5.84. The fourth-order valence-electron chi connectivity index (χ4n) is 1.93. The fourth-order valence-corrected chi connectivity index (χ4v) is 2.11. The molecule has 0 radical (unpaired) electrons. The highest BCUT2D eigenvalue weighted by molar-refractivity contribution is 6.33. The molecule has 0 saturated carbocycles. The van der Waals surface area contributed by atoms with Crippen LogP contribution in [0.3, 0.4) is 0 Å². The van der Waals surface area contributed by atoms with Crippen molar-refractivity contribution >= 4 is 29.2 Å². The van der Waals surface area contributed by atoms with E-state index >= 15 is 0 Å². The summed E-state index contributed by atoms with van der Waals surface area (Å²) in [6.45, 7) is 0.617. The molecule has 1 aromatic carbocycles. The Bertz CT molecular complexity index is 505. The molecule has 2 rings (SSSR count). The lowest BCUT2D eigenvalue weighted by molar-refractivity contribution is -0.129. The van der Waals surface area contributed by atoms with Crippen LogP contribution in [0.1, 0.15) is 29.6 Å². The van der Waals surface area contributed by atoms with Crippen molar-refractivity contribution in [1.29, 1.82) is 0 Å². The molecule has 1 aliphatic rings. The molecule has 3 N–H and O–H groups in total. The summed E-state index contributed by atoms with van der Waals surface area (Å²) in [5.74, 6) is -0.881. The number of hydrogen-bond acceptors (Lipinski definition) is 4. The Morgan fingerprint density at radius 1 is 1.42 bits per heavy atom. The third-order valence-corrected chi connectivity index (χ3v) is 3.34. The first-order valence-electron chi connectivity index (χ1n) is 6.12. The summed E-state index contributed by atoms with van der Waals surface area (Å²) in [5.41, 5.74) is 6.08. The molecule has 5 nitrogen and oxygen atoms in total. The monoisotopic (exact) mass is 282 g/mol. The van der Waals surface area contributed by atoms with Crippen LogP contribution in [0.25, 0.3) is 0 Å². The van der Waals surface area contributed by atoms with E-state index in [2.05, 4.69) is 5.32 Å². The van der Waals surface area contributed by atoms with Crippen LogP contribution in [0.4, 0.5) is 5.69 Å². The number of rotatable bonds is 2. The van der Waals surface area contributed by atoms with Crippen molar-refractivity contribution in [3.8, 4) is 0 Å². The Labute approximate surface area is 116 Å². The van der Waals surface area contributed by atoms with Crippen molar-refractivity contribution in [3.63, 3.8) is 0 Å². The van der Waals surface area contributed by atoms with Crippen molar-refractivity contribution in [2.45, 2.75) is 25.4 Å². The summed E-state index contributed by atoms with van der Waals surface area (Å²) in [6, 6.07) is 4.73. The van der Waals surface area contributed by atoms with Gasteiger partial charge in [0.15, 0.2) is 6.10 Å².